The predicted octanol–water partition coefficient (Wildman–Crippen LogP) is 3.00. The number of amides is 1. The molecule has 2 aliphatic rings. The van der Waals surface area contributed by atoms with Crippen LogP contribution < -0.4 is 16.4 Å². The molecule has 0 radical (unpaired) electrons. The number of benzene rings is 1. The summed E-state index contributed by atoms with van der Waals surface area (Å²) in [6.45, 7) is 4.63. The summed E-state index contributed by atoms with van der Waals surface area (Å²) in [6.07, 6.45) is 4.16. The van der Waals surface area contributed by atoms with Crippen LogP contribution in [-0.4, -0.2) is 11.9 Å². The Hall–Kier alpha value is -1.71. The van der Waals surface area contributed by atoms with Crippen LogP contribution in [0.4, 0.5) is 17.1 Å². The van der Waals surface area contributed by atoms with Crippen molar-refractivity contribution >= 4 is 23.0 Å². The summed E-state index contributed by atoms with van der Waals surface area (Å²) in [7, 11) is 0. The molecule has 108 valence electrons. The van der Waals surface area contributed by atoms with E-state index >= 15 is 0 Å². The first kappa shape index (κ1) is 13.3. The van der Waals surface area contributed by atoms with E-state index < -0.39 is 0 Å². The maximum absolute atomic E-state index is 11.4. The maximum atomic E-state index is 11.4. The molecular weight excluding hydrogens is 250 g/mol. The molecular formula is C16H23N3O. The molecule has 3 rings (SSSR count). The van der Waals surface area contributed by atoms with Gasteiger partial charge < -0.3 is 16.4 Å². The Balaban J connectivity index is 1.78. The quantitative estimate of drug-likeness (QED) is 0.726. The van der Waals surface area contributed by atoms with Crippen LogP contribution in [-0.2, 0) is 11.2 Å². The lowest BCUT2D eigenvalue weighted by Crippen LogP contribution is -2.33. The number of hydrogen-bond donors (Lipinski definition) is 3. The highest BCUT2D eigenvalue weighted by Crippen LogP contribution is 2.35. The molecule has 0 bridgehead atoms. The lowest BCUT2D eigenvalue weighted by Gasteiger charge is -2.34. The third-order valence-electron chi connectivity index (χ3n) is 4.67. The highest BCUT2D eigenvalue weighted by Gasteiger charge is 2.26. The van der Waals surface area contributed by atoms with E-state index in [0.717, 1.165) is 28.5 Å². The second kappa shape index (κ2) is 5.00. The van der Waals surface area contributed by atoms with Crippen LogP contribution in [0.1, 0.15) is 38.7 Å². The van der Waals surface area contributed by atoms with E-state index in [1.165, 1.54) is 19.3 Å². The van der Waals surface area contributed by atoms with Crippen molar-refractivity contribution in [2.24, 2.45) is 11.8 Å². The van der Waals surface area contributed by atoms with Gasteiger partial charge in [0.1, 0.15) is 0 Å². The maximum Gasteiger partial charge on any atom is 0.228 e. The highest BCUT2D eigenvalue weighted by atomic mass is 16.1. The monoisotopic (exact) mass is 273 g/mol. The molecule has 4 heteroatoms. The van der Waals surface area contributed by atoms with Crippen molar-refractivity contribution in [3.8, 4) is 0 Å². The Labute approximate surface area is 120 Å². The highest BCUT2D eigenvalue weighted by molar-refractivity contribution is 6.00. The molecule has 0 aromatic heterocycles. The van der Waals surface area contributed by atoms with E-state index in [1.807, 2.05) is 12.1 Å². The summed E-state index contributed by atoms with van der Waals surface area (Å²) in [5.41, 5.74) is 9.73. The molecule has 3 atom stereocenters. The van der Waals surface area contributed by atoms with Gasteiger partial charge in [-0.3, -0.25) is 4.79 Å². The summed E-state index contributed by atoms with van der Waals surface area (Å²) in [5, 5.41) is 6.47. The first-order valence-corrected chi connectivity index (χ1v) is 7.51. The van der Waals surface area contributed by atoms with Crippen LogP contribution in [0.15, 0.2) is 12.1 Å². The second-order valence-corrected chi connectivity index (χ2v) is 6.47. The number of nitrogens with two attached hydrogens (primary N) is 1. The number of nitrogen functional groups attached to an aromatic ring is 1. The minimum Gasteiger partial charge on any atom is -0.397 e. The van der Waals surface area contributed by atoms with Gasteiger partial charge in [0.05, 0.1) is 17.8 Å². The Morgan fingerprint density at radius 2 is 2.10 bits per heavy atom. The normalized spacial score (nSPS) is 28.9. The van der Waals surface area contributed by atoms with Crippen molar-refractivity contribution in [1.29, 1.82) is 0 Å². The number of rotatable bonds is 2. The van der Waals surface area contributed by atoms with Crippen LogP contribution in [0, 0.1) is 11.8 Å². The van der Waals surface area contributed by atoms with E-state index in [4.69, 9.17) is 5.73 Å². The second-order valence-electron chi connectivity index (χ2n) is 6.47. The zero-order chi connectivity index (χ0) is 14.3. The number of carbonyl (C=O) groups excluding carboxylic acids is 1. The summed E-state index contributed by atoms with van der Waals surface area (Å²) in [6, 6.07) is 4.38. The molecule has 1 aliphatic carbocycles. The van der Waals surface area contributed by atoms with E-state index in [2.05, 4.69) is 24.5 Å². The number of fused-ring (bicyclic) bond motifs is 1. The summed E-state index contributed by atoms with van der Waals surface area (Å²) in [5.74, 6) is 1.53. The van der Waals surface area contributed by atoms with Crippen LogP contribution in [0.2, 0.25) is 0 Å². The number of anilines is 3. The number of nitrogens with one attached hydrogen (secondary N) is 2. The molecule has 0 saturated heterocycles. The van der Waals surface area contributed by atoms with Gasteiger partial charge in [0.2, 0.25) is 5.91 Å². The van der Waals surface area contributed by atoms with Crippen molar-refractivity contribution in [3.05, 3.63) is 17.7 Å². The zero-order valence-corrected chi connectivity index (χ0v) is 12.2. The van der Waals surface area contributed by atoms with Gasteiger partial charge >= 0.3 is 0 Å². The minimum atomic E-state index is 0.0522. The fourth-order valence-corrected chi connectivity index (χ4v) is 3.50. The van der Waals surface area contributed by atoms with Crippen LogP contribution >= 0.6 is 0 Å². The first-order chi connectivity index (χ1) is 9.52. The minimum absolute atomic E-state index is 0.0522. The molecule has 0 spiro atoms. The molecule has 1 aliphatic heterocycles. The molecule has 1 heterocycles. The van der Waals surface area contributed by atoms with Gasteiger partial charge in [-0.2, -0.15) is 0 Å². The van der Waals surface area contributed by atoms with Gasteiger partial charge in [-0.05, 0) is 48.8 Å². The predicted molar refractivity (Wildman–Crippen MR) is 82.8 cm³/mol. The molecule has 1 amide bonds. The fraction of sp³-hybridized carbons (Fsp3) is 0.562. The van der Waals surface area contributed by atoms with Crippen molar-refractivity contribution in [2.45, 2.75) is 45.6 Å². The molecule has 1 aromatic rings. The number of hydrogen-bond acceptors (Lipinski definition) is 3. The standard InChI is InChI=1S/C16H23N3O/c1-9-3-4-13(10(2)5-9)18-15-8-14-11(6-12(15)17)7-16(20)19-14/h6,8-10,13,18H,3-5,7,17H2,1-2H3,(H,19,20). The van der Waals surface area contributed by atoms with Gasteiger partial charge in [-0.25, -0.2) is 0 Å². The first-order valence-electron chi connectivity index (χ1n) is 7.51. The van der Waals surface area contributed by atoms with E-state index in [0.29, 0.717) is 18.4 Å². The fourth-order valence-electron chi connectivity index (χ4n) is 3.50. The average molecular weight is 273 g/mol. The molecule has 1 saturated carbocycles. The Kier molecular flexibility index (Phi) is 3.32. The summed E-state index contributed by atoms with van der Waals surface area (Å²) >= 11 is 0. The topological polar surface area (TPSA) is 67.1 Å². The van der Waals surface area contributed by atoms with Gasteiger partial charge in [-0.1, -0.05) is 13.8 Å². The van der Waals surface area contributed by atoms with E-state index in [1.54, 1.807) is 0 Å². The molecule has 4 nitrogen and oxygen atoms in total. The van der Waals surface area contributed by atoms with Gasteiger partial charge in [0.25, 0.3) is 0 Å². The van der Waals surface area contributed by atoms with Crippen molar-refractivity contribution in [1.82, 2.24) is 0 Å². The third kappa shape index (κ3) is 2.47. The van der Waals surface area contributed by atoms with Crippen LogP contribution in [0.5, 0.6) is 0 Å². The summed E-state index contributed by atoms with van der Waals surface area (Å²) < 4.78 is 0. The molecule has 20 heavy (non-hydrogen) atoms. The molecule has 3 unspecified atom stereocenters. The summed E-state index contributed by atoms with van der Waals surface area (Å²) in [4.78, 5) is 11.4. The zero-order valence-electron chi connectivity index (χ0n) is 12.2. The van der Waals surface area contributed by atoms with Crippen LogP contribution in [0.3, 0.4) is 0 Å². The molecule has 4 N–H and O–H groups in total. The van der Waals surface area contributed by atoms with Crippen molar-refractivity contribution < 1.29 is 4.79 Å². The molecule has 1 fully saturated rings. The third-order valence-corrected chi connectivity index (χ3v) is 4.67. The van der Waals surface area contributed by atoms with Crippen LogP contribution in [0.25, 0.3) is 0 Å². The van der Waals surface area contributed by atoms with E-state index in [-0.39, 0.29) is 5.91 Å². The Morgan fingerprint density at radius 3 is 2.85 bits per heavy atom. The van der Waals surface area contributed by atoms with Crippen molar-refractivity contribution in [3.63, 3.8) is 0 Å². The largest absolute Gasteiger partial charge is 0.397 e. The Morgan fingerprint density at radius 1 is 1.30 bits per heavy atom. The van der Waals surface area contributed by atoms with Gasteiger partial charge in [0.15, 0.2) is 0 Å². The smallest absolute Gasteiger partial charge is 0.228 e. The SMILES string of the molecule is CC1CCC(Nc2cc3c(cc2N)CC(=O)N3)C(C)C1. The lowest BCUT2D eigenvalue weighted by molar-refractivity contribution is -0.115. The molecule has 1 aromatic carbocycles. The van der Waals surface area contributed by atoms with E-state index in [9.17, 15) is 4.79 Å². The Bertz CT molecular complexity index is 541. The lowest BCUT2D eigenvalue weighted by atomic mass is 9.80. The van der Waals surface area contributed by atoms with Crippen molar-refractivity contribution in [2.75, 3.05) is 16.4 Å². The number of carbonyl (C=O) groups is 1. The average Bonchev–Trinajstić information content (AvgIpc) is 2.72. The van der Waals surface area contributed by atoms with Gasteiger partial charge in [0, 0.05) is 11.7 Å². The van der Waals surface area contributed by atoms with Gasteiger partial charge in [-0.15, -0.1) is 0 Å².